The second-order valence-corrected chi connectivity index (χ2v) is 26.4. The minimum Gasteiger partial charge on any atom is -0.147 e. The van der Waals surface area contributed by atoms with Gasteiger partial charge in [0.2, 0.25) is 0 Å². The third kappa shape index (κ3) is 6.47. The Hall–Kier alpha value is -2.38. The van der Waals surface area contributed by atoms with Crippen LogP contribution >= 0.6 is 48.0 Å². The molecule has 4 aromatic carbocycles. The summed E-state index contributed by atoms with van der Waals surface area (Å²) in [5, 5.41) is 1.54. The Labute approximate surface area is 349 Å². The van der Waals surface area contributed by atoms with Crippen molar-refractivity contribution in [3.8, 4) is 11.1 Å². The third-order valence-electron chi connectivity index (χ3n) is 12.7. The number of fused-ring (bicyclic) bond motifs is 5. The molecule has 0 nitrogen and oxygen atoms in total. The maximum absolute atomic E-state index is 6.50. The summed E-state index contributed by atoms with van der Waals surface area (Å²) in [6.07, 6.45) is 6.01. The van der Waals surface area contributed by atoms with Crippen LogP contribution in [0.25, 0.3) is 22.3 Å². The molecular formula is C49H52Cl4Zr. The number of allylic oxidation sites excluding steroid dienone is 8. The van der Waals surface area contributed by atoms with E-state index in [1.165, 1.54) is 77.9 Å². The van der Waals surface area contributed by atoms with Crippen LogP contribution in [0.2, 0.25) is 10.0 Å². The first-order valence-electron chi connectivity index (χ1n) is 19.0. The molecule has 54 heavy (non-hydrogen) atoms. The molecule has 280 valence electrons. The Morgan fingerprint density at radius 3 is 1.69 bits per heavy atom. The van der Waals surface area contributed by atoms with E-state index in [1.807, 2.05) is 0 Å². The zero-order chi connectivity index (χ0) is 37.1. The molecule has 0 heterocycles. The van der Waals surface area contributed by atoms with E-state index >= 15 is 0 Å². The van der Waals surface area contributed by atoms with Gasteiger partial charge in [-0.2, -0.15) is 0 Å². The van der Waals surface area contributed by atoms with E-state index in [9.17, 15) is 0 Å². The van der Waals surface area contributed by atoms with Gasteiger partial charge in [-0.15, -0.1) is 24.8 Å². The van der Waals surface area contributed by atoms with Crippen molar-refractivity contribution in [1.29, 1.82) is 0 Å². The van der Waals surface area contributed by atoms with Gasteiger partial charge in [-0.1, -0.05) is 0 Å². The van der Waals surface area contributed by atoms with Gasteiger partial charge in [-0.05, 0) is 0 Å². The summed E-state index contributed by atoms with van der Waals surface area (Å²) in [5.74, 6) is 0.812. The van der Waals surface area contributed by atoms with Crippen molar-refractivity contribution in [3.05, 3.63) is 157 Å². The zero-order valence-corrected chi connectivity index (χ0v) is 38.8. The molecule has 0 amide bonds. The number of hydrogen-bond acceptors (Lipinski definition) is 0. The van der Waals surface area contributed by atoms with Gasteiger partial charge in [0.25, 0.3) is 0 Å². The molecule has 1 atom stereocenters. The monoisotopic (exact) mass is 870 g/mol. The Morgan fingerprint density at radius 2 is 1.19 bits per heavy atom. The largest absolute Gasteiger partial charge is 0.147 e. The second kappa shape index (κ2) is 14.5. The van der Waals surface area contributed by atoms with Crippen LogP contribution in [-0.4, -0.2) is 7.42 Å². The Morgan fingerprint density at radius 1 is 0.685 bits per heavy atom. The summed E-state index contributed by atoms with van der Waals surface area (Å²) < 4.78 is 8.79. The number of rotatable bonds is 5. The molecule has 0 spiro atoms. The normalized spacial score (nSPS) is 18.4. The average molecular weight is 874 g/mol. The molecule has 0 fully saturated rings. The van der Waals surface area contributed by atoms with Gasteiger partial charge >= 0.3 is 328 Å². The van der Waals surface area contributed by atoms with Crippen LogP contribution in [0, 0.1) is 11.8 Å². The summed E-state index contributed by atoms with van der Waals surface area (Å²) in [7, 11) is 0. The SMILES string of the molecule is CC1=CC(C)(C)c2cc3c(cc21)-c1cc2c(cc1C3)C(C)(C)[C]([Zr](=[CH]c1ccc(Cl)cc1)(=[CH]c1ccc(Cl)cc1)[C]1=C(C)C(C(C)C)=CC1C)=C2C.Cl.Cl. The van der Waals surface area contributed by atoms with Crippen molar-refractivity contribution in [2.45, 2.75) is 86.5 Å². The standard InChI is InChI=1S/C25H25.C10H15.2C7H5Cl.2ClH.Zr/c1-14-12-24(3,4)22-8-16-7-17-9-23-19(15(2)13-25(23,5)6)11-21(17)20(16)10-18(14)22;1-7(2)10-6-8(3)5-9(10)4;2*1-6-2-4-7(8)5-3-6;;;/h8-12H,7H2,1-6H3;6-8H,1-4H3;2*1-5H;2*1H;. The molecule has 0 radical (unpaired) electrons. The van der Waals surface area contributed by atoms with Crippen molar-refractivity contribution in [3.63, 3.8) is 0 Å². The molecule has 1 unspecified atom stereocenters. The van der Waals surface area contributed by atoms with Crippen LogP contribution in [0.3, 0.4) is 0 Å². The fourth-order valence-corrected chi connectivity index (χ4v) is 25.4. The fraction of sp³-hybridized carbons (Fsp3) is 0.306. The third-order valence-corrected chi connectivity index (χ3v) is 25.8. The molecule has 0 aliphatic heterocycles. The minimum absolute atomic E-state index is 0. The van der Waals surface area contributed by atoms with Crippen molar-refractivity contribution in [2.24, 2.45) is 11.8 Å². The Bertz CT molecular complexity index is 2410. The van der Waals surface area contributed by atoms with Crippen molar-refractivity contribution in [2.75, 3.05) is 0 Å². The maximum atomic E-state index is 6.50. The first kappa shape index (κ1) is 41.3. The molecule has 4 aromatic rings. The van der Waals surface area contributed by atoms with Crippen LogP contribution in [0.4, 0.5) is 0 Å². The van der Waals surface area contributed by atoms with Crippen molar-refractivity contribution < 1.29 is 19.3 Å². The molecule has 0 N–H and O–H groups in total. The summed E-state index contributed by atoms with van der Waals surface area (Å²) in [5.41, 5.74) is 19.9. The van der Waals surface area contributed by atoms with Gasteiger partial charge in [0, 0.05) is 0 Å². The van der Waals surface area contributed by atoms with E-state index in [4.69, 9.17) is 23.2 Å². The Balaban J connectivity index is 0.00000249. The van der Waals surface area contributed by atoms with Crippen LogP contribution in [0.1, 0.15) is 114 Å². The fourth-order valence-electron chi connectivity index (χ4n) is 10.6. The van der Waals surface area contributed by atoms with Crippen LogP contribution in [0.15, 0.2) is 103 Å². The predicted molar refractivity (Wildman–Crippen MR) is 239 cm³/mol. The smallest absolute Gasteiger partial charge is 0.147 e. The molecule has 8 rings (SSSR count). The topological polar surface area (TPSA) is 0 Å². The first-order valence-corrected chi connectivity index (χ1v) is 25.0. The molecular weight excluding hydrogens is 822 g/mol. The van der Waals surface area contributed by atoms with Crippen LogP contribution in [-0.2, 0) is 36.5 Å². The van der Waals surface area contributed by atoms with Crippen LogP contribution in [0.5, 0.6) is 0 Å². The van der Waals surface area contributed by atoms with E-state index in [2.05, 4.69) is 162 Å². The van der Waals surface area contributed by atoms with Gasteiger partial charge in [-0.3, -0.25) is 0 Å². The number of benzene rings is 4. The molecule has 4 aliphatic rings. The van der Waals surface area contributed by atoms with Crippen molar-refractivity contribution >= 4 is 66.6 Å². The molecule has 4 aliphatic carbocycles. The van der Waals surface area contributed by atoms with E-state index < -0.39 is 19.3 Å². The summed E-state index contributed by atoms with van der Waals surface area (Å²) in [4.78, 5) is 0. The van der Waals surface area contributed by atoms with E-state index in [1.54, 1.807) is 6.56 Å². The van der Waals surface area contributed by atoms with Crippen LogP contribution < -0.4 is 0 Å². The van der Waals surface area contributed by atoms with Gasteiger partial charge in [0.1, 0.15) is 0 Å². The maximum Gasteiger partial charge on any atom is -0.147 e. The van der Waals surface area contributed by atoms with Crippen molar-refractivity contribution in [1.82, 2.24) is 0 Å². The summed E-state index contributed by atoms with van der Waals surface area (Å²) in [6, 6.07) is 27.3. The zero-order valence-electron chi connectivity index (χ0n) is 33.2. The molecule has 0 saturated carbocycles. The minimum atomic E-state index is -4.00. The number of halogens is 4. The second-order valence-electron chi connectivity index (χ2n) is 17.3. The van der Waals surface area contributed by atoms with Gasteiger partial charge in [0.05, 0.1) is 0 Å². The van der Waals surface area contributed by atoms with E-state index in [0.717, 1.165) is 16.5 Å². The summed E-state index contributed by atoms with van der Waals surface area (Å²) in [6.45, 7) is 24.0. The predicted octanol–water partition coefficient (Wildman–Crippen LogP) is 14.5. The summed E-state index contributed by atoms with van der Waals surface area (Å²) >= 11 is 9.00. The quantitative estimate of drug-likeness (QED) is 0.165. The average Bonchev–Trinajstić information content (AvgIpc) is 3.72. The molecule has 0 bridgehead atoms. The van der Waals surface area contributed by atoms with Gasteiger partial charge in [-0.25, -0.2) is 0 Å². The molecule has 5 heteroatoms. The van der Waals surface area contributed by atoms with E-state index in [-0.39, 0.29) is 35.6 Å². The number of hydrogen-bond donors (Lipinski definition) is 0. The van der Waals surface area contributed by atoms with Gasteiger partial charge < -0.3 is 0 Å². The van der Waals surface area contributed by atoms with Gasteiger partial charge in [0.15, 0.2) is 0 Å². The molecule has 0 saturated heterocycles. The first-order chi connectivity index (χ1) is 24.5. The molecule has 0 aromatic heterocycles. The Kier molecular flexibility index (Phi) is 11.1. The van der Waals surface area contributed by atoms with E-state index in [0.29, 0.717) is 11.8 Å².